The molecule has 0 saturated heterocycles. The monoisotopic (exact) mass is 360 g/mol. The Labute approximate surface area is 113 Å². The van der Waals surface area contributed by atoms with Crippen molar-refractivity contribution < 1.29 is 4.79 Å². The first-order chi connectivity index (χ1) is 7.65. The van der Waals surface area contributed by atoms with Crippen molar-refractivity contribution in [3.05, 3.63) is 43.6 Å². The maximum absolute atomic E-state index is 11.8. The highest BCUT2D eigenvalue weighted by atomic mass is 79.9. The fourth-order valence-electron chi connectivity index (χ4n) is 1.09. The zero-order valence-electron chi connectivity index (χ0n) is 7.91. The van der Waals surface area contributed by atoms with Gasteiger partial charge >= 0.3 is 0 Å². The molecule has 2 aromatic heterocycles. The third kappa shape index (κ3) is 2.90. The van der Waals surface area contributed by atoms with Gasteiger partial charge in [-0.15, -0.1) is 11.3 Å². The number of anilines is 1. The molecule has 3 nitrogen and oxygen atoms in total. The molecule has 1 amide bonds. The number of thiophene rings is 1. The maximum atomic E-state index is 11.8. The van der Waals surface area contributed by atoms with Crippen LogP contribution in [0.1, 0.15) is 9.67 Å². The van der Waals surface area contributed by atoms with Crippen LogP contribution in [0, 0.1) is 0 Å². The summed E-state index contributed by atoms with van der Waals surface area (Å²) < 4.78 is 1.62. The van der Waals surface area contributed by atoms with Crippen molar-refractivity contribution in [2.45, 2.75) is 0 Å². The van der Waals surface area contributed by atoms with Gasteiger partial charge in [0.25, 0.3) is 5.91 Å². The fourth-order valence-corrected chi connectivity index (χ4v) is 2.72. The van der Waals surface area contributed by atoms with Crippen LogP contribution in [0.3, 0.4) is 0 Å². The third-order valence-corrected chi connectivity index (χ3v) is 3.82. The molecule has 0 radical (unpaired) electrons. The van der Waals surface area contributed by atoms with E-state index >= 15 is 0 Å². The molecular weight excluding hydrogens is 356 g/mol. The highest BCUT2D eigenvalue weighted by Crippen LogP contribution is 2.22. The number of nitrogens with one attached hydrogen (secondary N) is 1. The summed E-state index contributed by atoms with van der Waals surface area (Å²) in [6.45, 7) is 0. The van der Waals surface area contributed by atoms with E-state index in [2.05, 4.69) is 42.2 Å². The predicted octanol–water partition coefficient (Wildman–Crippen LogP) is 3.92. The van der Waals surface area contributed by atoms with Crippen molar-refractivity contribution in [3.63, 3.8) is 0 Å². The van der Waals surface area contributed by atoms with Crippen LogP contribution in [0.4, 0.5) is 5.82 Å². The fraction of sp³-hybridized carbons (Fsp3) is 0. The van der Waals surface area contributed by atoms with Gasteiger partial charge in [-0.1, -0.05) is 6.07 Å². The number of nitrogens with zero attached hydrogens (tertiary/aromatic N) is 1. The van der Waals surface area contributed by atoms with Gasteiger partial charge in [0, 0.05) is 0 Å². The Morgan fingerprint density at radius 2 is 2.06 bits per heavy atom. The van der Waals surface area contributed by atoms with Crippen LogP contribution in [-0.2, 0) is 0 Å². The van der Waals surface area contributed by atoms with E-state index in [1.165, 1.54) is 11.3 Å². The molecule has 0 bridgehead atoms. The quantitative estimate of drug-likeness (QED) is 0.823. The Bertz CT molecular complexity index is 527. The molecule has 0 unspecified atom stereocenters. The lowest BCUT2D eigenvalue weighted by atomic mass is 10.4. The van der Waals surface area contributed by atoms with Gasteiger partial charge < -0.3 is 5.32 Å². The molecule has 0 aliphatic rings. The van der Waals surface area contributed by atoms with Crippen LogP contribution >= 0.6 is 43.2 Å². The Morgan fingerprint density at radius 3 is 2.69 bits per heavy atom. The molecule has 2 aromatic rings. The summed E-state index contributed by atoms with van der Waals surface area (Å²) in [7, 11) is 0. The number of aromatic nitrogens is 1. The molecule has 6 heteroatoms. The lowest BCUT2D eigenvalue weighted by Gasteiger charge is -2.02. The van der Waals surface area contributed by atoms with Crippen LogP contribution in [-0.4, -0.2) is 10.9 Å². The summed E-state index contributed by atoms with van der Waals surface area (Å²) in [6.07, 6.45) is 0. The summed E-state index contributed by atoms with van der Waals surface area (Å²) >= 11 is 7.94. The van der Waals surface area contributed by atoms with Crippen LogP contribution in [0.5, 0.6) is 0 Å². The molecular formula is C10H6Br2N2OS. The van der Waals surface area contributed by atoms with Crippen molar-refractivity contribution >= 4 is 54.9 Å². The number of pyridine rings is 1. The van der Waals surface area contributed by atoms with E-state index in [1.54, 1.807) is 18.2 Å². The molecule has 16 heavy (non-hydrogen) atoms. The first kappa shape index (κ1) is 11.8. The Kier molecular flexibility index (Phi) is 3.73. The summed E-state index contributed by atoms with van der Waals surface area (Å²) in [5.41, 5.74) is 0. The van der Waals surface area contributed by atoms with E-state index in [0.29, 0.717) is 15.3 Å². The van der Waals surface area contributed by atoms with E-state index in [1.807, 2.05) is 12.1 Å². The second-order valence-electron chi connectivity index (χ2n) is 2.90. The zero-order chi connectivity index (χ0) is 11.5. The number of hydrogen-bond acceptors (Lipinski definition) is 3. The van der Waals surface area contributed by atoms with Crippen molar-refractivity contribution in [3.8, 4) is 0 Å². The van der Waals surface area contributed by atoms with Gasteiger partial charge in [0.15, 0.2) is 0 Å². The normalized spacial score (nSPS) is 10.1. The van der Waals surface area contributed by atoms with Crippen molar-refractivity contribution in [1.29, 1.82) is 0 Å². The van der Waals surface area contributed by atoms with Crippen LogP contribution in [0.25, 0.3) is 0 Å². The van der Waals surface area contributed by atoms with Crippen molar-refractivity contribution in [2.24, 2.45) is 0 Å². The van der Waals surface area contributed by atoms with E-state index in [-0.39, 0.29) is 5.91 Å². The van der Waals surface area contributed by atoms with E-state index in [4.69, 9.17) is 0 Å². The molecule has 2 heterocycles. The Hall–Kier alpha value is -0.720. The van der Waals surface area contributed by atoms with Gasteiger partial charge in [0.2, 0.25) is 0 Å². The molecule has 0 atom stereocenters. The number of carbonyl (C=O) groups is 1. The molecule has 1 N–H and O–H groups in total. The molecule has 82 valence electrons. The number of carbonyl (C=O) groups excluding carboxylic acids is 1. The average molecular weight is 362 g/mol. The van der Waals surface area contributed by atoms with Crippen LogP contribution < -0.4 is 5.32 Å². The van der Waals surface area contributed by atoms with Gasteiger partial charge in [-0.05, 0) is 56.1 Å². The van der Waals surface area contributed by atoms with Crippen LogP contribution in [0.2, 0.25) is 0 Å². The standard InChI is InChI=1S/C10H6Br2N2OS/c11-7-2-1-3-9(13-7)14-10(15)6-4-5-8(12)16-6/h1-5H,(H,13,14,15). The highest BCUT2D eigenvalue weighted by Gasteiger charge is 2.09. The van der Waals surface area contributed by atoms with Gasteiger partial charge in [0.05, 0.1) is 8.66 Å². The average Bonchev–Trinajstić information content (AvgIpc) is 2.65. The summed E-state index contributed by atoms with van der Waals surface area (Å²) in [4.78, 5) is 16.5. The van der Waals surface area contributed by atoms with E-state index in [0.717, 1.165) is 3.79 Å². The predicted molar refractivity (Wildman–Crippen MR) is 71.9 cm³/mol. The van der Waals surface area contributed by atoms with Crippen molar-refractivity contribution in [2.75, 3.05) is 5.32 Å². The highest BCUT2D eigenvalue weighted by molar-refractivity contribution is 9.11. The largest absolute Gasteiger partial charge is 0.306 e. The second kappa shape index (κ2) is 5.07. The summed E-state index contributed by atoms with van der Waals surface area (Å²) in [6, 6.07) is 8.97. The van der Waals surface area contributed by atoms with Gasteiger partial charge in [-0.3, -0.25) is 4.79 Å². The minimum absolute atomic E-state index is 0.152. The molecule has 0 spiro atoms. The minimum atomic E-state index is -0.152. The topological polar surface area (TPSA) is 42.0 Å². The summed E-state index contributed by atoms with van der Waals surface area (Å²) in [5, 5.41) is 2.72. The molecule has 0 aliphatic heterocycles. The smallest absolute Gasteiger partial charge is 0.266 e. The molecule has 0 fully saturated rings. The number of halogens is 2. The summed E-state index contributed by atoms with van der Waals surface area (Å²) in [5.74, 6) is 0.380. The lowest BCUT2D eigenvalue weighted by Crippen LogP contribution is -2.11. The van der Waals surface area contributed by atoms with Gasteiger partial charge in [-0.25, -0.2) is 4.98 Å². The zero-order valence-corrected chi connectivity index (χ0v) is 11.9. The maximum Gasteiger partial charge on any atom is 0.266 e. The number of amides is 1. The van der Waals surface area contributed by atoms with E-state index in [9.17, 15) is 4.79 Å². The Balaban J connectivity index is 2.13. The van der Waals surface area contributed by atoms with E-state index < -0.39 is 0 Å². The molecule has 0 saturated carbocycles. The SMILES string of the molecule is O=C(Nc1cccc(Br)n1)c1ccc(Br)s1. The number of rotatable bonds is 2. The first-order valence-corrected chi connectivity index (χ1v) is 6.74. The minimum Gasteiger partial charge on any atom is -0.306 e. The van der Waals surface area contributed by atoms with Crippen LogP contribution in [0.15, 0.2) is 38.7 Å². The molecule has 2 rings (SSSR count). The van der Waals surface area contributed by atoms with Crippen molar-refractivity contribution in [1.82, 2.24) is 4.98 Å². The Morgan fingerprint density at radius 1 is 1.25 bits per heavy atom. The van der Waals surface area contributed by atoms with Gasteiger partial charge in [-0.2, -0.15) is 0 Å². The second-order valence-corrected chi connectivity index (χ2v) is 6.18. The lowest BCUT2D eigenvalue weighted by molar-refractivity contribution is 0.103. The molecule has 0 aromatic carbocycles. The van der Waals surface area contributed by atoms with Gasteiger partial charge in [0.1, 0.15) is 10.4 Å². The number of hydrogen-bond donors (Lipinski definition) is 1. The first-order valence-electron chi connectivity index (χ1n) is 4.34. The molecule has 0 aliphatic carbocycles. The third-order valence-electron chi connectivity index (χ3n) is 1.75.